The van der Waals surface area contributed by atoms with Crippen LogP contribution in [0.3, 0.4) is 0 Å². The Morgan fingerprint density at radius 2 is 2.05 bits per heavy atom. The quantitative estimate of drug-likeness (QED) is 0.759. The van der Waals surface area contributed by atoms with Gasteiger partial charge in [-0.3, -0.25) is 9.80 Å². The van der Waals surface area contributed by atoms with Crippen molar-refractivity contribution in [3.63, 3.8) is 0 Å². The number of hydrogen-bond donors (Lipinski definition) is 1. The van der Waals surface area contributed by atoms with Gasteiger partial charge in [0.25, 0.3) is 0 Å². The smallest absolute Gasteiger partial charge is 0.0827 e. The van der Waals surface area contributed by atoms with Crippen molar-refractivity contribution in [1.29, 1.82) is 0 Å². The summed E-state index contributed by atoms with van der Waals surface area (Å²) in [5.41, 5.74) is 0. The molecule has 3 aliphatic heterocycles. The second kappa shape index (κ2) is 6.91. The van der Waals surface area contributed by atoms with E-state index in [0.717, 1.165) is 39.3 Å². The number of terminal acetylenes is 1. The SMILES string of the molecule is C#CCN1CCC(NCC2CN3CCCC3CO2)CC1. The van der Waals surface area contributed by atoms with Gasteiger partial charge in [0.2, 0.25) is 0 Å². The minimum Gasteiger partial charge on any atom is -0.374 e. The second-order valence-corrected chi connectivity index (χ2v) is 6.41. The molecule has 1 N–H and O–H groups in total. The van der Waals surface area contributed by atoms with Gasteiger partial charge in [0, 0.05) is 38.3 Å². The molecular formula is C16H27N3O. The Kier molecular flexibility index (Phi) is 4.95. The molecule has 2 atom stereocenters. The van der Waals surface area contributed by atoms with Crippen molar-refractivity contribution in [2.24, 2.45) is 0 Å². The summed E-state index contributed by atoms with van der Waals surface area (Å²) in [6.45, 7) is 7.39. The molecule has 0 spiro atoms. The molecule has 3 rings (SSSR count). The molecule has 20 heavy (non-hydrogen) atoms. The van der Waals surface area contributed by atoms with Gasteiger partial charge in [-0.05, 0) is 32.2 Å². The molecule has 2 unspecified atom stereocenters. The van der Waals surface area contributed by atoms with Gasteiger partial charge in [0.15, 0.2) is 0 Å². The Labute approximate surface area is 122 Å². The lowest BCUT2D eigenvalue weighted by Crippen LogP contribution is -2.51. The molecule has 4 nitrogen and oxygen atoms in total. The monoisotopic (exact) mass is 277 g/mol. The van der Waals surface area contributed by atoms with E-state index in [1.165, 1.54) is 32.2 Å². The van der Waals surface area contributed by atoms with Gasteiger partial charge in [-0.15, -0.1) is 6.42 Å². The van der Waals surface area contributed by atoms with Gasteiger partial charge < -0.3 is 10.1 Å². The van der Waals surface area contributed by atoms with Crippen molar-refractivity contribution in [3.8, 4) is 12.3 Å². The lowest BCUT2D eigenvalue weighted by atomic mass is 10.0. The largest absolute Gasteiger partial charge is 0.374 e. The Morgan fingerprint density at radius 3 is 2.85 bits per heavy atom. The minimum atomic E-state index is 0.382. The molecule has 3 fully saturated rings. The van der Waals surface area contributed by atoms with Crippen molar-refractivity contribution in [1.82, 2.24) is 15.1 Å². The van der Waals surface area contributed by atoms with Crippen LogP contribution in [0.1, 0.15) is 25.7 Å². The third-order valence-electron chi connectivity index (χ3n) is 5.00. The van der Waals surface area contributed by atoms with Crippen LogP contribution in [0.15, 0.2) is 0 Å². The first-order valence-electron chi connectivity index (χ1n) is 8.10. The molecule has 3 saturated heterocycles. The summed E-state index contributed by atoms with van der Waals surface area (Å²) in [7, 11) is 0. The summed E-state index contributed by atoms with van der Waals surface area (Å²) in [5, 5.41) is 3.70. The van der Waals surface area contributed by atoms with E-state index in [-0.39, 0.29) is 0 Å². The highest BCUT2D eigenvalue weighted by molar-refractivity contribution is 4.91. The summed E-state index contributed by atoms with van der Waals surface area (Å²) < 4.78 is 6.00. The van der Waals surface area contributed by atoms with Crippen LogP contribution < -0.4 is 5.32 Å². The average molecular weight is 277 g/mol. The average Bonchev–Trinajstić information content (AvgIpc) is 2.94. The Bertz CT molecular complexity index is 346. The highest BCUT2D eigenvalue weighted by Crippen LogP contribution is 2.22. The first-order valence-corrected chi connectivity index (χ1v) is 8.10. The third kappa shape index (κ3) is 3.53. The van der Waals surface area contributed by atoms with Crippen molar-refractivity contribution in [2.45, 2.75) is 43.9 Å². The number of nitrogens with one attached hydrogen (secondary N) is 1. The van der Waals surface area contributed by atoms with Crippen molar-refractivity contribution in [2.75, 3.05) is 45.9 Å². The summed E-state index contributed by atoms with van der Waals surface area (Å²) in [4.78, 5) is 4.98. The number of nitrogens with zero attached hydrogens (tertiary/aromatic N) is 2. The maximum atomic E-state index is 6.00. The number of rotatable bonds is 4. The number of likely N-dealkylation sites (tertiary alicyclic amines) is 1. The van der Waals surface area contributed by atoms with Crippen LogP contribution in [0.25, 0.3) is 0 Å². The predicted octanol–water partition coefficient (Wildman–Crippen LogP) is 0.537. The Hall–Kier alpha value is -0.600. The van der Waals surface area contributed by atoms with Crippen LogP contribution in [0.4, 0.5) is 0 Å². The number of piperidine rings is 1. The minimum absolute atomic E-state index is 0.382. The van der Waals surface area contributed by atoms with E-state index in [1.54, 1.807) is 0 Å². The van der Waals surface area contributed by atoms with Crippen molar-refractivity contribution in [3.05, 3.63) is 0 Å². The van der Waals surface area contributed by atoms with Crippen LogP contribution in [0.5, 0.6) is 0 Å². The summed E-state index contributed by atoms with van der Waals surface area (Å²) >= 11 is 0. The molecule has 3 aliphatic rings. The van der Waals surface area contributed by atoms with Gasteiger partial charge in [-0.2, -0.15) is 0 Å². The number of hydrogen-bond acceptors (Lipinski definition) is 4. The highest BCUT2D eigenvalue weighted by Gasteiger charge is 2.32. The number of ether oxygens (including phenoxy) is 1. The number of fused-ring (bicyclic) bond motifs is 1. The summed E-state index contributed by atoms with van der Waals surface area (Å²) in [6, 6.07) is 1.35. The molecule has 0 aromatic carbocycles. The maximum absolute atomic E-state index is 6.00. The molecule has 3 heterocycles. The van der Waals surface area contributed by atoms with Gasteiger partial charge >= 0.3 is 0 Å². The second-order valence-electron chi connectivity index (χ2n) is 6.41. The normalized spacial score (nSPS) is 33.0. The molecule has 0 bridgehead atoms. The third-order valence-corrected chi connectivity index (χ3v) is 5.00. The molecule has 0 saturated carbocycles. The topological polar surface area (TPSA) is 27.7 Å². The fourth-order valence-corrected chi connectivity index (χ4v) is 3.73. The summed E-state index contributed by atoms with van der Waals surface area (Å²) in [5.74, 6) is 2.74. The Morgan fingerprint density at radius 1 is 1.20 bits per heavy atom. The molecule has 0 aromatic heterocycles. The van der Waals surface area contributed by atoms with E-state index < -0.39 is 0 Å². The van der Waals surface area contributed by atoms with Gasteiger partial charge in [0.1, 0.15) is 0 Å². The zero-order valence-electron chi connectivity index (χ0n) is 12.4. The standard InChI is InChI=1S/C16H27N3O/c1-2-7-18-9-5-14(6-10-18)17-11-16-12-19-8-3-4-15(19)13-20-16/h1,14-17H,3-13H2. The molecule has 0 aliphatic carbocycles. The van der Waals surface area contributed by atoms with Crippen LogP contribution >= 0.6 is 0 Å². The van der Waals surface area contributed by atoms with Gasteiger partial charge in [-0.1, -0.05) is 5.92 Å². The van der Waals surface area contributed by atoms with Crippen LogP contribution in [-0.2, 0) is 4.74 Å². The first kappa shape index (κ1) is 14.3. The van der Waals surface area contributed by atoms with Gasteiger partial charge in [0.05, 0.1) is 19.3 Å². The lowest BCUT2D eigenvalue weighted by molar-refractivity contribution is -0.0484. The molecule has 0 radical (unpaired) electrons. The van der Waals surface area contributed by atoms with E-state index >= 15 is 0 Å². The Balaban J connectivity index is 1.35. The van der Waals surface area contributed by atoms with Crippen LogP contribution in [0.2, 0.25) is 0 Å². The van der Waals surface area contributed by atoms with E-state index in [1.807, 2.05) is 0 Å². The molecule has 0 aromatic rings. The van der Waals surface area contributed by atoms with Crippen molar-refractivity contribution < 1.29 is 4.74 Å². The summed E-state index contributed by atoms with van der Waals surface area (Å²) in [6.07, 6.45) is 10.8. The van der Waals surface area contributed by atoms with Crippen LogP contribution in [-0.4, -0.2) is 73.9 Å². The highest BCUT2D eigenvalue weighted by atomic mass is 16.5. The number of morpholine rings is 1. The van der Waals surface area contributed by atoms with Gasteiger partial charge in [-0.25, -0.2) is 0 Å². The van der Waals surface area contributed by atoms with Crippen molar-refractivity contribution >= 4 is 0 Å². The molecule has 4 heteroatoms. The fourth-order valence-electron chi connectivity index (χ4n) is 3.73. The van der Waals surface area contributed by atoms with E-state index in [2.05, 4.69) is 21.0 Å². The maximum Gasteiger partial charge on any atom is 0.0827 e. The van der Waals surface area contributed by atoms with E-state index in [4.69, 9.17) is 11.2 Å². The zero-order valence-corrected chi connectivity index (χ0v) is 12.4. The molecular weight excluding hydrogens is 250 g/mol. The molecule has 0 amide bonds. The zero-order chi connectivity index (χ0) is 13.8. The first-order chi connectivity index (χ1) is 9.85. The van der Waals surface area contributed by atoms with E-state index in [0.29, 0.717) is 18.2 Å². The lowest BCUT2D eigenvalue weighted by Gasteiger charge is -2.37. The fraction of sp³-hybridized carbons (Fsp3) is 0.875. The predicted molar refractivity (Wildman–Crippen MR) is 80.6 cm³/mol. The van der Waals surface area contributed by atoms with E-state index in [9.17, 15) is 0 Å². The van der Waals surface area contributed by atoms with Crippen LogP contribution in [0, 0.1) is 12.3 Å². The molecule has 112 valence electrons.